The first-order chi connectivity index (χ1) is 8.41. The molecule has 0 atom stereocenters. The van der Waals surface area contributed by atoms with Gasteiger partial charge in [-0.05, 0) is 24.0 Å². The summed E-state index contributed by atoms with van der Waals surface area (Å²) in [4.78, 5) is 12.1. The van der Waals surface area contributed by atoms with Crippen LogP contribution in [-0.2, 0) is 0 Å². The Bertz CT molecular complexity index is 428. The molecule has 0 aliphatic carbocycles. The molecule has 0 aromatic heterocycles. The Morgan fingerprint density at radius 1 is 1.44 bits per heavy atom. The van der Waals surface area contributed by atoms with E-state index in [0.29, 0.717) is 23.5 Å². The lowest BCUT2D eigenvalue weighted by Crippen LogP contribution is -2.34. The minimum absolute atomic E-state index is 0.0758. The average Bonchev–Trinajstić information content (AvgIpc) is 2.35. The Morgan fingerprint density at radius 2 is 2.11 bits per heavy atom. The number of nitrogens with one attached hydrogen (secondary N) is 1. The summed E-state index contributed by atoms with van der Waals surface area (Å²) >= 11 is 0. The van der Waals surface area contributed by atoms with Crippen LogP contribution in [0.5, 0.6) is 5.75 Å². The Hall–Kier alpha value is -1.71. The van der Waals surface area contributed by atoms with E-state index in [1.807, 2.05) is 0 Å². The smallest absolute Gasteiger partial charge is 0.257 e. The molecular weight excluding hydrogens is 228 g/mol. The van der Waals surface area contributed by atoms with E-state index in [4.69, 9.17) is 10.5 Å². The van der Waals surface area contributed by atoms with Gasteiger partial charge in [0.2, 0.25) is 0 Å². The van der Waals surface area contributed by atoms with Crippen molar-refractivity contribution < 1.29 is 9.53 Å². The lowest BCUT2D eigenvalue weighted by atomic mass is 9.90. The first-order valence-electron chi connectivity index (χ1n) is 6.12. The molecule has 1 aromatic carbocycles. The summed E-state index contributed by atoms with van der Waals surface area (Å²) in [5, 5.41) is 2.91. The molecule has 0 aliphatic rings. The third kappa shape index (κ3) is 3.39. The first kappa shape index (κ1) is 14.4. The van der Waals surface area contributed by atoms with Crippen molar-refractivity contribution in [2.45, 2.75) is 27.2 Å². The molecule has 0 aliphatic heterocycles. The highest BCUT2D eigenvalue weighted by atomic mass is 16.5. The van der Waals surface area contributed by atoms with E-state index in [9.17, 15) is 4.79 Å². The van der Waals surface area contributed by atoms with Gasteiger partial charge in [-0.15, -0.1) is 0 Å². The molecule has 3 N–H and O–H groups in total. The first-order valence-corrected chi connectivity index (χ1v) is 6.12. The van der Waals surface area contributed by atoms with Crippen LogP contribution in [0.15, 0.2) is 18.2 Å². The van der Waals surface area contributed by atoms with Gasteiger partial charge in [-0.3, -0.25) is 4.79 Å². The summed E-state index contributed by atoms with van der Waals surface area (Å²) in [5.41, 5.74) is 6.75. The van der Waals surface area contributed by atoms with E-state index in [1.54, 1.807) is 18.2 Å². The molecule has 0 unspecified atom stereocenters. The van der Waals surface area contributed by atoms with Crippen LogP contribution in [0.3, 0.4) is 0 Å². The van der Waals surface area contributed by atoms with Crippen molar-refractivity contribution in [2.75, 3.05) is 19.4 Å². The quantitative estimate of drug-likeness (QED) is 0.789. The number of nitrogen functional groups attached to an aromatic ring is 1. The summed E-state index contributed by atoms with van der Waals surface area (Å²) in [6, 6.07) is 5.19. The molecule has 4 heteroatoms. The van der Waals surface area contributed by atoms with Crippen LogP contribution in [0.4, 0.5) is 5.69 Å². The molecule has 0 fully saturated rings. The van der Waals surface area contributed by atoms with Crippen LogP contribution in [-0.4, -0.2) is 19.6 Å². The summed E-state index contributed by atoms with van der Waals surface area (Å²) in [5.74, 6) is 0.313. The fraction of sp³-hybridized carbons (Fsp3) is 0.500. The van der Waals surface area contributed by atoms with Crippen molar-refractivity contribution >= 4 is 11.6 Å². The fourth-order valence-corrected chi connectivity index (χ4v) is 1.49. The topological polar surface area (TPSA) is 64.4 Å². The van der Waals surface area contributed by atoms with Gasteiger partial charge in [0.05, 0.1) is 7.11 Å². The van der Waals surface area contributed by atoms with Crippen LogP contribution in [0, 0.1) is 5.41 Å². The van der Waals surface area contributed by atoms with Crippen molar-refractivity contribution in [3.8, 4) is 5.75 Å². The Morgan fingerprint density at radius 3 is 2.67 bits per heavy atom. The van der Waals surface area contributed by atoms with Crippen LogP contribution in [0.25, 0.3) is 0 Å². The molecule has 4 nitrogen and oxygen atoms in total. The number of carbonyl (C=O) groups excluding carboxylic acids is 1. The van der Waals surface area contributed by atoms with Crippen LogP contribution in [0.1, 0.15) is 37.6 Å². The number of hydrogen-bond acceptors (Lipinski definition) is 3. The number of ether oxygens (including phenoxy) is 1. The van der Waals surface area contributed by atoms with Gasteiger partial charge in [0.1, 0.15) is 11.3 Å². The van der Waals surface area contributed by atoms with Crippen LogP contribution < -0.4 is 15.8 Å². The Labute approximate surface area is 109 Å². The maximum Gasteiger partial charge on any atom is 0.257 e. The van der Waals surface area contributed by atoms with Crippen molar-refractivity contribution in [2.24, 2.45) is 5.41 Å². The van der Waals surface area contributed by atoms with E-state index in [0.717, 1.165) is 6.42 Å². The van der Waals surface area contributed by atoms with Gasteiger partial charge >= 0.3 is 0 Å². The molecular formula is C14H22N2O2. The summed E-state index contributed by atoms with van der Waals surface area (Å²) < 4.78 is 5.16. The number of rotatable bonds is 5. The minimum atomic E-state index is -0.188. The van der Waals surface area contributed by atoms with E-state index in [-0.39, 0.29) is 11.3 Å². The molecule has 0 spiro atoms. The summed E-state index contributed by atoms with van der Waals surface area (Å²) in [7, 11) is 1.53. The lowest BCUT2D eigenvalue weighted by Gasteiger charge is -2.23. The highest BCUT2D eigenvalue weighted by Crippen LogP contribution is 2.24. The van der Waals surface area contributed by atoms with Crippen molar-refractivity contribution in [1.29, 1.82) is 0 Å². The Balaban J connectivity index is 2.85. The van der Waals surface area contributed by atoms with Gasteiger partial charge in [0, 0.05) is 12.2 Å². The number of methoxy groups -OCH3 is 1. The maximum absolute atomic E-state index is 12.1. The maximum atomic E-state index is 12.1. The van der Waals surface area contributed by atoms with Gasteiger partial charge < -0.3 is 15.8 Å². The number of benzene rings is 1. The third-order valence-electron chi connectivity index (χ3n) is 3.19. The lowest BCUT2D eigenvalue weighted by molar-refractivity contribution is 0.0933. The molecule has 1 rings (SSSR count). The zero-order valence-electron chi connectivity index (χ0n) is 11.5. The number of carbonyl (C=O) groups is 1. The van der Waals surface area contributed by atoms with E-state index in [2.05, 4.69) is 26.1 Å². The van der Waals surface area contributed by atoms with E-state index >= 15 is 0 Å². The van der Waals surface area contributed by atoms with Gasteiger partial charge in [-0.25, -0.2) is 0 Å². The van der Waals surface area contributed by atoms with E-state index in [1.165, 1.54) is 7.11 Å². The SMILES string of the molecule is CCC(C)(C)CNC(=O)c1c(N)cccc1OC. The molecule has 0 radical (unpaired) electrons. The summed E-state index contributed by atoms with van der Waals surface area (Å²) in [6.07, 6.45) is 0.995. The zero-order valence-corrected chi connectivity index (χ0v) is 11.5. The van der Waals surface area contributed by atoms with E-state index < -0.39 is 0 Å². The number of anilines is 1. The van der Waals surface area contributed by atoms with Crippen molar-refractivity contribution in [3.05, 3.63) is 23.8 Å². The van der Waals surface area contributed by atoms with Crippen LogP contribution >= 0.6 is 0 Å². The van der Waals surface area contributed by atoms with Crippen molar-refractivity contribution in [3.63, 3.8) is 0 Å². The largest absolute Gasteiger partial charge is 0.496 e. The minimum Gasteiger partial charge on any atom is -0.496 e. The second kappa shape index (κ2) is 5.76. The van der Waals surface area contributed by atoms with Gasteiger partial charge in [-0.1, -0.05) is 26.8 Å². The second-order valence-electron chi connectivity index (χ2n) is 5.12. The highest BCUT2D eigenvalue weighted by molar-refractivity contribution is 6.01. The normalized spacial score (nSPS) is 11.1. The average molecular weight is 250 g/mol. The second-order valence-corrected chi connectivity index (χ2v) is 5.12. The van der Waals surface area contributed by atoms with Gasteiger partial charge in [0.25, 0.3) is 5.91 Å². The molecule has 0 saturated heterocycles. The Kier molecular flexibility index (Phi) is 4.59. The molecule has 0 bridgehead atoms. The molecule has 18 heavy (non-hydrogen) atoms. The predicted octanol–water partition coefficient (Wildman–Crippen LogP) is 2.44. The molecule has 1 aromatic rings. The molecule has 1 amide bonds. The van der Waals surface area contributed by atoms with Crippen molar-refractivity contribution in [1.82, 2.24) is 5.32 Å². The third-order valence-corrected chi connectivity index (χ3v) is 3.19. The number of nitrogens with two attached hydrogens (primary N) is 1. The van der Waals surface area contributed by atoms with Gasteiger partial charge in [-0.2, -0.15) is 0 Å². The van der Waals surface area contributed by atoms with Crippen LogP contribution in [0.2, 0.25) is 0 Å². The van der Waals surface area contributed by atoms with Gasteiger partial charge in [0.15, 0.2) is 0 Å². The number of amides is 1. The number of hydrogen-bond donors (Lipinski definition) is 2. The molecule has 0 heterocycles. The monoisotopic (exact) mass is 250 g/mol. The zero-order chi connectivity index (χ0) is 13.8. The predicted molar refractivity (Wildman–Crippen MR) is 73.8 cm³/mol. The fourth-order valence-electron chi connectivity index (χ4n) is 1.49. The molecule has 0 saturated carbocycles. The highest BCUT2D eigenvalue weighted by Gasteiger charge is 2.20. The standard InChI is InChI=1S/C14H22N2O2/c1-5-14(2,3)9-16-13(17)12-10(15)7-6-8-11(12)18-4/h6-8H,5,9,15H2,1-4H3,(H,16,17). The summed E-state index contributed by atoms with van der Waals surface area (Å²) in [6.45, 7) is 6.93. The molecule has 100 valence electrons.